The predicted molar refractivity (Wildman–Crippen MR) is 172 cm³/mol. The first-order valence-corrected chi connectivity index (χ1v) is 13.9. The number of anilines is 3. The summed E-state index contributed by atoms with van der Waals surface area (Å²) >= 11 is 2.35. The van der Waals surface area contributed by atoms with Crippen LogP contribution in [0, 0.1) is 3.57 Å². The highest BCUT2D eigenvalue weighted by molar-refractivity contribution is 14.1. The lowest BCUT2D eigenvalue weighted by Gasteiger charge is -2.26. The zero-order chi connectivity index (χ0) is 25.2. The van der Waals surface area contributed by atoms with Crippen LogP contribution in [0.4, 0.5) is 17.1 Å². The lowest BCUT2D eigenvalue weighted by atomic mass is 10.0. The fourth-order valence-electron chi connectivity index (χ4n) is 4.72. The van der Waals surface area contributed by atoms with E-state index in [2.05, 4.69) is 176 Å². The van der Waals surface area contributed by atoms with Crippen molar-refractivity contribution in [1.29, 1.82) is 0 Å². The normalized spacial score (nSPS) is 11.0. The minimum absolute atomic E-state index is 1.13. The molecular weight excluding hydrogens is 580 g/mol. The summed E-state index contributed by atoms with van der Waals surface area (Å²) in [5.41, 5.74) is 8.27. The summed E-state index contributed by atoms with van der Waals surface area (Å²) in [6.07, 6.45) is 0. The van der Waals surface area contributed by atoms with E-state index in [1.54, 1.807) is 0 Å². The summed E-state index contributed by atoms with van der Waals surface area (Å²) in [6, 6.07) is 50.1. The molecule has 0 N–H and O–H groups in total. The number of halogens is 1. The average molecular weight is 605 g/mol. The fraction of sp³-hybridized carbons (Fsp3) is 0. The van der Waals surface area contributed by atoms with Crippen molar-refractivity contribution < 1.29 is 0 Å². The summed E-state index contributed by atoms with van der Waals surface area (Å²) in [7, 11) is 2.81. The maximum atomic E-state index is 2.81. The highest BCUT2D eigenvalue weighted by atomic mass is 127. The first-order valence-electron chi connectivity index (χ1n) is 12.2. The zero-order valence-corrected chi connectivity index (χ0v) is 23.5. The van der Waals surface area contributed by atoms with Gasteiger partial charge in [0.15, 0.2) is 0 Å². The van der Waals surface area contributed by atoms with Crippen molar-refractivity contribution in [3.05, 3.63) is 143 Å². The van der Waals surface area contributed by atoms with Crippen LogP contribution in [0.2, 0.25) is 0 Å². The maximum absolute atomic E-state index is 2.81. The van der Waals surface area contributed by atoms with Gasteiger partial charge in [-0.05, 0) is 116 Å². The van der Waals surface area contributed by atoms with Crippen molar-refractivity contribution in [2.75, 3.05) is 4.90 Å². The van der Waals surface area contributed by atoms with Gasteiger partial charge in [-0.3, -0.25) is 0 Å². The van der Waals surface area contributed by atoms with Crippen molar-refractivity contribution >= 4 is 65.0 Å². The van der Waals surface area contributed by atoms with Gasteiger partial charge in [-0.15, -0.1) is 9.24 Å². The Morgan fingerprint density at radius 3 is 1.51 bits per heavy atom. The van der Waals surface area contributed by atoms with Crippen LogP contribution in [-0.4, -0.2) is 0 Å². The van der Waals surface area contributed by atoms with E-state index in [0.717, 1.165) is 17.1 Å². The fourth-order valence-corrected chi connectivity index (χ4v) is 5.35. The molecule has 0 aromatic heterocycles. The van der Waals surface area contributed by atoms with Crippen LogP contribution < -0.4 is 10.2 Å². The summed E-state index contributed by atoms with van der Waals surface area (Å²) in [5.74, 6) is 0. The van der Waals surface area contributed by atoms with Gasteiger partial charge in [0.25, 0.3) is 0 Å². The van der Waals surface area contributed by atoms with Gasteiger partial charge in [-0.2, -0.15) is 0 Å². The lowest BCUT2D eigenvalue weighted by Crippen LogP contribution is -2.10. The second-order valence-electron chi connectivity index (χ2n) is 9.09. The van der Waals surface area contributed by atoms with Crippen molar-refractivity contribution in [1.82, 2.24) is 0 Å². The van der Waals surface area contributed by atoms with Gasteiger partial charge in [0.2, 0.25) is 0 Å². The highest BCUT2D eigenvalue weighted by Gasteiger charge is 2.14. The van der Waals surface area contributed by atoms with Crippen molar-refractivity contribution in [2.45, 2.75) is 0 Å². The molecule has 0 fully saturated rings. The Morgan fingerprint density at radius 1 is 0.432 bits per heavy atom. The molecule has 1 unspecified atom stereocenters. The number of rotatable bonds is 5. The third-order valence-electron chi connectivity index (χ3n) is 6.64. The van der Waals surface area contributed by atoms with E-state index in [1.807, 2.05) is 0 Å². The minimum atomic E-state index is 1.13. The summed E-state index contributed by atoms with van der Waals surface area (Å²) < 4.78 is 1.24. The molecule has 0 saturated carbocycles. The van der Waals surface area contributed by atoms with E-state index < -0.39 is 0 Å². The summed E-state index contributed by atoms with van der Waals surface area (Å²) in [4.78, 5) is 2.33. The number of benzene rings is 6. The van der Waals surface area contributed by atoms with Gasteiger partial charge in [0, 0.05) is 20.6 Å². The summed E-state index contributed by atoms with van der Waals surface area (Å²) in [6.45, 7) is 0. The Labute approximate surface area is 234 Å². The van der Waals surface area contributed by atoms with Gasteiger partial charge in [-0.1, -0.05) is 84.9 Å². The molecule has 0 heterocycles. The highest BCUT2D eigenvalue weighted by Crippen LogP contribution is 2.38. The van der Waals surface area contributed by atoms with Gasteiger partial charge in [0.1, 0.15) is 0 Å². The van der Waals surface area contributed by atoms with E-state index in [4.69, 9.17) is 0 Å². The van der Waals surface area contributed by atoms with Crippen LogP contribution in [0.1, 0.15) is 0 Å². The first kappa shape index (κ1) is 23.9. The van der Waals surface area contributed by atoms with Crippen LogP contribution in [0.3, 0.4) is 0 Å². The van der Waals surface area contributed by atoms with Crippen LogP contribution in [0.15, 0.2) is 140 Å². The first-order chi connectivity index (χ1) is 18.1. The second-order valence-corrected chi connectivity index (χ2v) is 11.0. The van der Waals surface area contributed by atoms with E-state index in [1.165, 1.54) is 41.9 Å². The Kier molecular flexibility index (Phi) is 6.78. The maximum Gasteiger partial charge on any atom is 0.0468 e. The molecule has 0 saturated heterocycles. The number of nitrogens with zero attached hydrogens (tertiary/aromatic N) is 1. The molecule has 6 rings (SSSR count). The molecule has 0 spiro atoms. The second kappa shape index (κ2) is 10.5. The third-order valence-corrected chi connectivity index (χ3v) is 7.72. The molecule has 178 valence electrons. The molecule has 0 aliphatic rings. The Balaban J connectivity index is 1.43. The summed E-state index contributed by atoms with van der Waals surface area (Å²) in [5, 5.41) is 3.65. The van der Waals surface area contributed by atoms with Crippen LogP contribution in [0.25, 0.3) is 33.0 Å². The average Bonchev–Trinajstić information content (AvgIpc) is 2.95. The molecule has 6 aromatic rings. The van der Waals surface area contributed by atoms with Crippen molar-refractivity contribution in [2.24, 2.45) is 0 Å². The minimum Gasteiger partial charge on any atom is -0.310 e. The van der Waals surface area contributed by atoms with Gasteiger partial charge >= 0.3 is 0 Å². The molecule has 1 nitrogen and oxygen atoms in total. The smallest absolute Gasteiger partial charge is 0.0468 e. The Morgan fingerprint density at radius 2 is 0.919 bits per heavy atom. The quantitative estimate of drug-likeness (QED) is 0.140. The Bertz CT molecular complexity index is 1660. The standard InChI is InChI=1S/C34H25INP/c35-30-14-6-25(7-15-30)27-10-18-32(19-11-27)36(33-20-12-28-13-21-34(37)23-29(28)22-33)31-16-8-26(9-17-31)24-4-2-1-3-5-24/h1-23H,37H2. The molecule has 0 aliphatic heterocycles. The molecular formula is C34H25INP. The van der Waals surface area contributed by atoms with Crippen molar-refractivity contribution in [3.8, 4) is 22.3 Å². The van der Waals surface area contributed by atoms with E-state index in [9.17, 15) is 0 Å². The van der Waals surface area contributed by atoms with Gasteiger partial charge < -0.3 is 4.90 Å². The Hall–Kier alpha value is -3.46. The van der Waals surface area contributed by atoms with Crippen LogP contribution >= 0.6 is 31.8 Å². The molecule has 6 aromatic carbocycles. The monoisotopic (exact) mass is 605 g/mol. The molecule has 0 bridgehead atoms. The van der Waals surface area contributed by atoms with Gasteiger partial charge in [-0.25, -0.2) is 0 Å². The third kappa shape index (κ3) is 5.18. The van der Waals surface area contributed by atoms with E-state index in [0.29, 0.717) is 0 Å². The molecule has 0 aliphatic carbocycles. The molecule has 0 amide bonds. The number of fused-ring (bicyclic) bond motifs is 1. The largest absolute Gasteiger partial charge is 0.310 e. The SMILES string of the molecule is Pc1ccc2ccc(N(c3ccc(-c4ccccc4)cc3)c3ccc(-c4ccc(I)cc4)cc3)cc2c1. The number of hydrogen-bond donors (Lipinski definition) is 0. The predicted octanol–water partition coefficient (Wildman–Crippen LogP) is 9.75. The molecule has 1 atom stereocenters. The molecule has 0 radical (unpaired) electrons. The lowest BCUT2D eigenvalue weighted by molar-refractivity contribution is 1.29. The molecule has 3 heteroatoms. The van der Waals surface area contributed by atoms with Crippen molar-refractivity contribution in [3.63, 3.8) is 0 Å². The van der Waals surface area contributed by atoms with E-state index >= 15 is 0 Å². The topological polar surface area (TPSA) is 3.24 Å². The molecule has 37 heavy (non-hydrogen) atoms. The van der Waals surface area contributed by atoms with E-state index in [-0.39, 0.29) is 0 Å². The van der Waals surface area contributed by atoms with Crippen LogP contribution in [-0.2, 0) is 0 Å². The van der Waals surface area contributed by atoms with Crippen LogP contribution in [0.5, 0.6) is 0 Å². The zero-order valence-electron chi connectivity index (χ0n) is 20.2. The number of hydrogen-bond acceptors (Lipinski definition) is 1. The van der Waals surface area contributed by atoms with Gasteiger partial charge in [0.05, 0.1) is 0 Å².